The molecular weight excluding hydrogens is 260 g/mol. The van der Waals surface area contributed by atoms with Crippen molar-refractivity contribution in [2.24, 2.45) is 0 Å². The second kappa shape index (κ2) is 4.47. The highest BCUT2D eigenvalue weighted by atomic mass is 32.1. The molecule has 0 radical (unpaired) electrons. The molecule has 0 aliphatic carbocycles. The third-order valence-electron chi connectivity index (χ3n) is 2.86. The van der Waals surface area contributed by atoms with Crippen LogP contribution in [0.3, 0.4) is 0 Å². The topological polar surface area (TPSA) is 59.3 Å². The molecule has 19 heavy (non-hydrogen) atoms. The van der Waals surface area contributed by atoms with E-state index in [-0.39, 0.29) is 5.91 Å². The second-order valence-electron chi connectivity index (χ2n) is 4.28. The molecule has 0 fully saturated rings. The number of aromatic nitrogens is 3. The summed E-state index contributed by atoms with van der Waals surface area (Å²) in [7, 11) is 0. The summed E-state index contributed by atoms with van der Waals surface area (Å²) in [5.41, 5.74) is 2.40. The van der Waals surface area contributed by atoms with E-state index in [0.29, 0.717) is 11.5 Å². The first-order valence-electron chi connectivity index (χ1n) is 5.81. The zero-order valence-corrected chi connectivity index (χ0v) is 11.4. The number of carbonyl (C=O) groups excluding carboxylic acids is 1. The number of imidazole rings is 1. The number of anilines is 1. The Kier molecular flexibility index (Phi) is 2.79. The van der Waals surface area contributed by atoms with Gasteiger partial charge in [0, 0.05) is 23.5 Å². The standard InChI is InChI=1S/C13H12N4OS/c1-8-4-3-5-14-11(8)16-12(18)10-6-17-9(2)7-19-13(17)15-10/h3-7H,1-2H3,(H,14,16,18). The Morgan fingerprint density at radius 3 is 3.00 bits per heavy atom. The van der Waals surface area contributed by atoms with Crippen LogP contribution in [0.25, 0.3) is 4.96 Å². The van der Waals surface area contributed by atoms with E-state index in [1.165, 1.54) is 11.3 Å². The monoisotopic (exact) mass is 272 g/mol. The van der Waals surface area contributed by atoms with Crippen LogP contribution in [0.1, 0.15) is 21.7 Å². The van der Waals surface area contributed by atoms with E-state index in [0.717, 1.165) is 16.2 Å². The summed E-state index contributed by atoms with van der Waals surface area (Å²) in [5.74, 6) is 0.331. The van der Waals surface area contributed by atoms with Crippen molar-refractivity contribution in [2.75, 3.05) is 5.32 Å². The maximum absolute atomic E-state index is 12.1. The van der Waals surface area contributed by atoms with E-state index in [1.807, 2.05) is 35.8 Å². The van der Waals surface area contributed by atoms with Crippen LogP contribution in [0.2, 0.25) is 0 Å². The number of pyridine rings is 1. The first-order valence-corrected chi connectivity index (χ1v) is 6.69. The summed E-state index contributed by atoms with van der Waals surface area (Å²) < 4.78 is 1.91. The van der Waals surface area contributed by atoms with Crippen LogP contribution in [-0.2, 0) is 0 Å². The molecule has 0 aromatic carbocycles. The van der Waals surface area contributed by atoms with Gasteiger partial charge in [-0.2, -0.15) is 0 Å². The van der Waals surface area contributed by atoms with Crippen molar-refractivity contribution in [3.63, 3.8) is 0 Å². The molecule has 5 nitrogen and oxygen atoms in total. The Hall–Kier alpha value is -2.21. The molecule has 0 aliphatic rings. The van der Waals surface area contributed by atoms with Gasteiger partial charge in [-0.1, -0.05) is 6.07 Å². The molecule has 0 spiro atoms. The van der Waals surface area contributed by atoms with Crippen LogP contribution in [-0.4, -0.2) is 20.3 Å². The van der Waals surface area contributed by atoms with E-state index < -0.39 is 0 Å². The Morgan fingerprint density at radius 1 is 1.42 bits per heavy atom. The van der Waals surface area contributed by atoms with Crippen LogP contribution < -0.4 is 5.32 Å². The van der Waals surface area contributed by atoms with Gasteiger partial charge in [-0.3, -0.25) is 9.20 Å². The zero-order valence-electron chi connectivity index (χ0n) is 10.5. The number of rotatable bonds is 2. The van der Waals surface area contributed by atoms with Gasteiger partial charge in [-0.05, 0) is 25.5 Å². The SMILES string of the molecule is Cc1cccnc1NC(=O)c1cn2c(C)csc2n1. The van der Waals surface area contributed by atoms with E-state index in [1.54, 1.807) is 12.4 Å². The quantitative estimate of drug-likeness (QED) is 0.780. The van der Waals surface area contributed by atoms with E-state index >= 15 is 0 Å². The highest BCUT2D eigenvalue weighted by Crippen LogP contribution is 2.17. The van der Waals surface area contributed by atoms with Gasteiger partial charge in [-0.25, -0.2) is 9.97 Å². The molecule has 3 rings (SSSR count). The lowest BCUT2D eigenvalue weighted by atomic mass is 10.3. The van der Waals surface area contributed by atoms with E-state index in [9.17, 15) is 4.79 Å². The minimum Gasteiger partial charge on any atom is -0.305 e. The Balaban J connectivity index is 1.90. The lowest BCUT2D eigenvalue weighted by Crippen LogP contribution is -2.14. The summed E-state index contributed by atoms with van der Waals surface area (Å²) in [5, 5.41) is 4.78. The van der Waals surface area contributed by atoms with Gasteiger partial charge in [0.25, 0.3) is 5.91 Å². The largest absolute Gasteiger partial charge is 0.305 e. The average molecular weight is 272 g/mol. The van der Waals surface area contributed by atoms with Crippen LogP contribution in [0.4, 0.5) is 5.82 Å². The molecule has 0 saturated carbocycles. The third kappa shape index (κ3) is 2.10. The predicted octanol–water partition coefficient (Wildman–Crippen LogP) is 2.66. The predicted molar refractivity (Wildman–Crippen MR) is 74.7 cm³/mol. The molecule has 3 aromatic heterocycles. The molecule has 0 unspecified atom stereocenters. The molecule has 96 valence electrons. The van der Waals surface area contributed by atoms with Crippen molar-refractivity contribution in [3.05, 3.63) is 46.9 Å². The minimum absolute atomic E-state index is 0.239. The fourth-order valence-electron chi connectivity index (χ4n) is 1.79. The number of hydrogen-bond donors (Lipinski definition) is 1. The number of nitrogens with zero attached hydrogens (tertiary/aromatic N) is 3. The van der Waals surface area contributed by atoms with E-state index in [2.05, 4.69) is 15.3 Å². The number of hydrogen-bond acceptors (Lipinski definition) is 4. The second-order valence-corrected chi connectivity index (χ2v) is 5.12. The van der Waals surface area contributed by atoms with Crippen molar-refractivity contribution in [1.29, 1.82) is 0 Å². The van der Waals surface area contributed by atoms with Gasteiger partial charge in [0.2, 0.25) is 0 Å². The van der Waals surface area contributed by atoms with Gasteiger partial charge in [0.05, 0.1) is 0 Å². The van der Waals surface area contributed by atoms with Crippen LogP contribution in [0.15, 0.2) is 29.9 Å². The summed E-state index contributed by atoms with van der Waals surface area (Å²) in [6.45, 7) is 3.88. The summed E-state index contributed by atoms with van der Waals surface area (Å²) >= 11 is 1.52. The van der Waals surface area contributed by atoms with Crippen molar-refractivity contribution in [2.45, 2.75) is 13.8 Å². The number of nitrogens with one attached hydrogen (secondary N) is 1. The number of aryl methyl sites for hydroxylation is 2. The lowest BCUT2D eigenvalue weighted by Gasteiger charge is -2.04. The Morgan fingerprint density at radius 2 is 2.26 bits per heavy atom. The third-order valence-corrected chi connectivity index (χ3v) is 3.82. The number of fused-ring (bicyclic) bond motifs is 1. The lowest BCUT2D eigenvalue weighted by molar-refractivity contribution is 0.102. The smallest absolute Gasteiger partial charge is 0.277 e. The van der Waals surface area contributed by atoms with Crippen molar-refractivity contribution in [1.82, 2.24) is 14.4 Å². The molecule has 0 bridgehead atoms. The van der Waals surface area contributed by atoms with Gasteiger partial charge in [0.1, 0.15) is 11.5 Å². The summed E-state index contributed by atoms with van der Waals surface area (Å²) in [6.07, 6.45) is 3.40. The van der Waals surface area contributed by atoms with Crippen LogP contribution in [0.5, 0.6) is 0 Å². The maximum Gasteiger partial charge on any atom is 0.277 e. The zero-order chi connectivity index (χ0) is 13.4. The fourth-order valence-corrected chi connectivity index (χ4v) is 2.64. The van der Waals surface area contributed by atoms with Gasteiger partial charge in [0.15, 0.2) is 4.96 Å². The van der Waals surface area contributed by atoms with Crippen LogP contribution >= 0.6 is 11.3 Å². The first-order chi connectivity index (χ1) is 9.15. The molecule has 6 heteroatoms. The molecule has 0 atom stereocenters. The molecule has 3 heterocycles. The van der Waals surface area contributed by atoms with Crippen molar-refractivity contribution in [3.8, 4) is 0 Å². The first kappa shape index (κ1) is 11.9. The van der Waals surface area contributed by atoms with Crippen molar-refractivity contribution >= 4 is 28.0 Å². The maximum atomic E-state index is 12.1. The number of amides is 1. The summed E-state index contributed by atoms with van der Waals surface area (Å²) in [6, 6.07) is 3.74. The molecule has 1 N–H and O–H groups in total. The molecule has 1 amide bonds. The van der Waals surface area contributed by atoms with Gasteiger partial charge >= 0.3 is 0 Å². The molecule has 3 aromatic rings. The van der Waals surface area contributed by atoms with E-state index in [4.69, 9.17) is 0 Å². The highest BCUT2D eigenvalue weighted by molar-refractivity contribution is 7.15. The Bertz CT molecular complexity index is 759. The molecule has 0 saturated heterocycles. The molecular formula is C13H12N4OS. The average Bonchev–Trinajstić information content (AvgIpc) is 2.95. The van der Waals surface area contributed by atoms with Crippen LogP contribution in [0, 0.1) is 13.8 Å². The Labute approximate surface area is 113 Å². The number of thiazole rings is 1. The molecule has 0 aliphatic heterocycles. The van der Waals surface area contributed by atoms with Gasteiger partial charge < -0.3 is 5.32 Å². The minimum atomic E-state index is -0.239. The number of carbonyl (C=O) groups is 1. The van der Waals surface area contributed by atoms with Crippen molar-refractivity contribution < 1.29 is 4.79 Å². The van der Waals surface area contributed by atoms with Gasteiger partial charge in [-0.15, -0.1) is 11.3 Å². The normalized spacial score (nSPS) is 10.8. The fraction of sp³-hybridized carbons (Fsp3) is 0.154. The highest BCUT2D eigenvalue weighted by Gasteiger charge is 2.14. The summed E-state index contributed by atoms with van der Waals surface area (Å²) in [4.78, 5) is 21.4.